The largest absolute Gasteiger partial charge is 0.440 e. The van der Waals surface area contributed by atoms with Gasteiger partial charge in [-0.25, -0.2) is 0 Å². The second-order valence-corrected chi connectivity index (χ2v) is 7.07. The average molecular weight is 345 g/mol. The van der Waals surface area contributed by atoms with Crippen molar-refractivity contribution in [1.29, 1.82) is 0 Å². The molecule has 0 aliphatic carbocycles. The Morgan fingerprint density at radius 1 is 1.12 bits per heavy atom. The summed E-state index contributed by atoms with van der Waals surface area (Å²) in [4.78, 5) is 26.0. The molecule has 4 heteroatoms. The highest BCUT2D eigenvalue weighted by atomic mass is 16.6. The van der Waals surface area contributed by atoms with Gasteiger partial charge in [-0.05, 0) is 18.6 Å². The second kappa shape index (κ2) is 10.2. The van der Waals surface area contributed by atoms with Crippen molar-refractivity contribution in [2.24, 2.45) is 5.92 Å². The van der Waals surface area contributed by atoms with Crippen LogP contribution in [-0.2, 0) is 9.53 Å². The monoisotopic (exact) mass is 345 g/mol. The van der Waals surface area contributed by atoms with E-state index in [0.29, 0.717) is 5.56 Å². The molecule has 1 aliphatic rings. The van der Waals surface area contributed by atoms with Crippen molar-refractivity contribution in [3.05, 3.63) is 35.9 Å². The van der Waals surface area contributed by atoms with Gasteiger partial charge in [-0.2, -0.15) is 0 Å². The van der Waals surface area contributed by atoms with Gasteiger partial charge in [0.2, 0.25) is 0 Å². The topological polar surface area (TPSA) is 46.6 Å². The van der Waals surface area contributed by atoms with Crippen LogP contribution in [0.25, 0.3) is 0 Å². The standard InChI is InChI=1S/C21H31NO3/c1-3-4-5-6-7-8-10-13-17(2)21-22(16-19(23)25-21)20(24)18-14-11-9-12-15-18/h9,11-12,14-15,17,21H,3-8,10,13,16H2,1-2H3. The van der Waals surface area contributed by atoms with E-state index in [9.17, 15) is 9.59 Å². The first-order chi connectivity index (χ1) is 12.1. The predicted molar refractivity (Wildman–Crippen MR) is 99.1 cm³/mol. The highest BCUT2D eigenvalue weighted by molar-refractivity contribution is 5.97. The van der Waals surface area contributed by atoms with Gasteiger partial charge in [0.1, 0.15) is 6.54 Å². The molecule has 1 heterocycles. The summed E-state index contributed by atoms with van der Waals surface area (Å²) in [5.74, 6) is -0.265. The van der Waals surface area contributed by atoms with Crippen LogP contribution in [0.1, 0.15) is 75.6 Å². The van der Waals surface area contributed by atoms with E-state index >= 15 is 0 Å². The fourth-order valence-electron chi connectivity index (χ4n) is 3.39. The molecular formula is C21H31NO3. The predicted octanol–water partition coefficient (Wildman–Crippen LogP) is 4.79. The fourth-order valence-corrected chi connectivity index (χ4v) is 3.39. The Morgan fingerprint density at radius 2 is 1.76 bits per heavy atom. The summed E-state index contributed by atoms with van der Waals surface area (Å²) in [5.41, 5.74) is 0.605. The first-order valence-corrected chi connectivity index (χ1v) is 9.69. The van der Waals surface area contributed by atoms with E-state index in [0.717, 1.165) is 12.8 Å². The van der Waals surface area contributed by atoms with Crippen molar-refractivity contribution in [3.63, 3.8) is 0 Å². The summed E-state index contributed by atoms with van der Waals surface area (Å²) in [7, 11) is 0. The Kier molecular flexibility index (Phi) is 7.96. The second-order valence-electron chi connectivity index (χ2n) is 7.07. The van der Waals surface area contributed by atoms with Gasteiger partial charge in [0.15, 0.2) is 6.23 Å². The van der Waals surface area contributed by atoms with Crippen LogP contribution in [0.3, 0.4) is 0 Å². The Bertz CT molecular complexity index is 543. The van der Waals surface area contributed by atoms with Crippen LogP contribution < -0.4 is 0 Å². The van der Waals surface area contributed by atoms with Gasteiger partial charge in [0.25, 0.3) is 5.91 Å². The van der Waals surface area contributed by atoms with Crippen molar-refractivity contribution in [2.75, 3.05) is 6.54 Å². The number of hydrogen-bond donors (Lipinski definition) is 0. The summed E-state index contributed by atoms with van der Waals surface area (Å²) in [5, 5.41) is 0. The van der Waals surface area contributed by atoms with E-state index in [2.05, 4.69) is 13.8 Å². The fraction of sp³-hybridized carbons (Fsp3) is 0.619. The molecule has 0 N–H and O–H groups in total. The number of amides is 1. The maximum absolute atomic E-state index is 12.7. The van der Waals surface area contributed by atoms with Crippen LogP contribution in [0, 0.1) is 5.92 Å². The van der Waals surface area contributed by atoms with Crippen molar-refractivity contribution >= 4 is 11.9 Å². The lowest BCUT2D eigenvalue weighted by molar-refractivity contribution is -0.143. The molecule has 138 valence electrons. The van der Waals surface area contributed by atoms with Crippen LogP contribution in [0.2, 0.25) is 0 Å². The molecule has 0 aromatic heterocycles. The lowest BCUT2D eigenvalue weighted by Gasteiger charge is -2.27. The molecule has 0 radical (unpaired) electrons. The Balaban J connectivity index is 1.82. The molecule has 25 heavy (non-hydrogen) atoms. The summed E-state index contributed by atoms with van der Waals surface area (Å²) in [6, 6.07) is 9.11. The van der Waals surface area contributed by atoms with E-state index in [1.165, 1.54) is 38.5 Å². The zero-order valence-corrected chi connectivity index (χ0v) is 15.6. The SMILES string of the molecule is CCCCCCCCCC(C)C1OC(=O)CN1C(=O)c1ccccc1. The number of cyclic esters (lactones) is 1. The molecule has 1 aliphatic heterocycles. The smallest absolute Gasteiger partial charge is 0.327 e. The quantitative estimate of drug-likeness (QED) is 0.452. The summed E-state index contributed by atoms with van der Waals surface area (Å²) in [6.45, 7) is 4.36. The third kappa shape index (κ3) is 5.87. The van der Waals surface area contributed by atoms with E-state index in [4.69, 9.17) is 4.74 Å². The third-order valence-corrected chi connectivity index (χ3v) is 4.89. The van der Waals surface area contributed by atoms with E-state index in [-0.39, 0.29) is 24.3 Å². The maximum atomic E-state index is 12.7. The summed E-state index contributed by atoms with van der Waals surface area (Å²) in [6.07, 6.45) is 9.37. The number of carbonyl (C=O) groups is 2. The minimum absolute atomic E-state index is 0.0553. The normalized spacial score (nSPS) is 18.2. The third-order valence-electron chi connectivity index (χ3n) is 4.89. The number of esters is 1. The number of benzene rings is 1. The number of nitrogens with zero attached hydrogens (tertiary/aromatic N) is 1. The molecule has 2 atom stereocenters. The van der Waals surface area contributed by atoms with Gasteiger partial charge >= 0.3 is 5.97 Å². The molecule has 0 saturated carbocycles. The van der Waals surface area contributed by atoms with Crippen molar-refractivity contribution < 1.29 is 14.3 Å². The number of hydrogen-bond acceptors (Lipinski definition) is 3. The molecule has 1 amide bonds. The lowest BCUT2D eigenvalue weighted by atomic mass is 9.99. The van der Waals surface area contributed by atoms with Crippen LogP contribution in [-0.4, -0.2) is 29.5 Å². The van der Waals surface area contributed by atoms with Crippen LogP contribution in [0.5, 0.6) is 0 Å². The van der Waals surface area contributed by atoms with Gasteiger partial charge in [-0.3, -0.25) is 14.5 Å². The molecule has 1 fully saturated rings. The molecule has 2 rings (SSSR count). The molecule has 0 bridgehead atoms. The van der Waals surface area contributed by atoms with E-state index in [1.54, 1.807) is 17.0 Å². The molecule has 1 aromatic rings. The van der Waals surface area contributed by atoms with E-state index < -0.39 is 6.23 Å². The summed E-state index contributed by atoms with van der Waals surface area (Å²) < 4.78 is 5.45. The van der Waals surface area contributed by atoms with Gasteiger partial charge in [-0.15, -0.1) is 0 Å². The first kappa shape index (κ1) is 19.5. The molecule has 2 unspecified atom stereocenters. The van der Waals surface area contributed by atoms with Crippen molar-refractivity contribution in [2.45, 2.75) is 71.4 Å². The average Bonchev–Trinajstić information content (AvgIpc) is 3.03. The Morgan fingerprint density at radius 3 is 2.44 bits per heavy atom. The van der Waals surface area contributed by atoms with Gasteiger partial charge in [0.05, 0.1) is 0 Å². The molecule has 1 saturated heterocycles. The van der Waals surface area contributed by atoms with Gasteiger partial charge in [-0.1, -0.05) is 77.0 Å². The molecular weight excluding hydrogens is 314 g/mol. The zero-order valence-electron chi connectivity index (χ0n) is 15.6. The van der Waals surface area contributed by atoms with Gasteiger partial charge in [0, 0.05) is 11.5 Å². The molecule has 0 spiro atoms. The Hall–Kier alpha value is -1.84. The zero-order chi connectivity index (χ0) is 18.1. The number of carbonyl (C=O) groups excluding carboxylic acids is 2. The highest BCUT2D eigenvalue weighted by Crippen LogP contribution is 2.25. The molecule has 1 aromatic carbocycles. The first-order valence-electron chi connectivity index (χ1n) is 9.69. The molecule has 4 nitrogen and oxygen atoms in total. The minimum atomic E-state index is -0.430. The van der Waals surface area contributed by atoms with E-state index in [1.807, 2.05) is 18.2 Å². The maximum Gasteiger partial charge on any atom is 0.327 e. The number of ether oxygens (including phenoxy) is 1. The number of rotatable bonds is 10. The highest BCUT2D eigenvalue weighted by Gasteiger charge is 2.39. The lowest BCUT2D eigenvalue weighted by Crippen LogP contribution is -2.40. The minimum Gasteiger partial charge on any atom is -0.440 e. The van der Waals surface area contributed by atoms with Crippen LogP contribution in [0.15, 0.2) is 30.3 Å². The van der Waals surface area contributed by atoms with Crippen molar-refractivity contribution in [1.82, 2.24) is 4.90 Å². The van der Waals surface area contributed by atoms with Crippen LogP contribution >= 0.6 is 0 Å². The van der Waals surface area contributed by atoms with Crippen molar-refractivity contribution in [3.8, 4) is 0 Å². The Labute approximate surface area is 151 Å². The number of unbranched alkanes of at least 4 members (excludes halogenated alkanes) is 6. The van der Waals surface area contributed by atoms with Crippen LogP contribution in [0.4, 0.5) is 0 Å². The van der Waals surface area contributed by atoms with Gasteiger partial charge < -0.3 is 4.74 Å². The summed E-state index contributed by atoms with van der Waals surface area (Å²) >= 11 is 0.